The van der Waals surface area contributed by atoms with Crippen molar-refractivity contribution in [2.24, 2.45) is 0 Å². The SMILES string of the molecule is O=S(=O)(O)C1=C[CH]c2c(cc(S(=O)(=O)O)cc2S(=O)(=O)O)C1. The van der Waals surface area contributed by atoms with Crippen molar-refractivity contribution in [3.63, 3.8) is 0 Å². The Morgan fingerprint density at radius 2 is 1.41 bits per heavy atom. The van der Waals surface area contributed by atoms with Crippen LogP contribution in [0.3, 0.4) is 0 Å². The van der Waals surface area contributed by atoms with Crippen LogP contribution >= 0.6 is 0 Å². The molecule has 1 aromatic carbocycles. The number of fused-ring (bicyclic) bond motifs is 1. The number of hydrogen-bond donors (Lipinski definition) is 3. The zero-order valence-corrected chi connectivity index (χ0v) is 13.0. The van der Waals surface area contributed by atoms with Crippen molar-refractivity contribution in [2.75, 3.05) is 0 Å². The molecule has 0 saturated carbocycles. The molecule has 12 heteroatoms. The minimum atomic E-state index is -4.83. The lowest BCUT2D eigenvalue weighted by molar-refractivity contribution is 0.480. The number of benzene rings is 1. The van der Waals surface area contributed by atoms with Crippen molar-refractivity contribution in [2.45, 2.75) is 16.2 Å². The van der Waals surface area contributed by atoms with Crippen LogP contribution < -0.4 is 0 Å². The van der Waals surface area contributed by atoms with Crippen molar-refractivity contribution in [3.05, 3.63) is 40.7 Å². The third-order valence-electron chi connectivity index (χ3n) is 2.91. The van der Waals surface area contributed by atoms with Gasteiger partial charge in [0.15, 0.2) is 0 Å². The van der Waals surface area contributed by atoms with Crippen molar-refractivity contribution >= 4 is 30.4 Å². The maximum atomic E-state index is 11.3. The highest BCUT2D eigenvalue weighted by atomic mass is 32.2. The third kappa shape index (κ3) is 3.37. The molecule has 0 aromatic heterocycles. The summed E-state index contributed by atoms with van der Waals surface area (Å²) in [7, 11) is -14.2. The van der Waals surface area contributed by atoms with Crippen LogP contribution in [-0.2, 0) is 36.8 Å². The predicted octanol–water partition coefficient (Wildman–Crippen LogP) is 0.0602. The van der Waals surface area contributed by atoms with Gasteiger partial charge in [0.2, 0.25) is 0 Å². The molecule has 3 N–H and O–H groups in total. The van der Waals surface area contributed by atoms with Gasteiger partial charge in [0.05, 0.1) is 14.7 Å². The van der Waals surface area contributed by atoms with E-state index in [1.165, 1.54) is 0 Å². The summed E-state index contributed by atoms with van der Waals surface area (Å²) in [5.41, 5.74) is -0.250. The summed E-state index contributed by atoms with van der Waals surface area (Å²) < 4.78 is 94.3. The van der Waals surface area contributed by atoms with Gasteiger partial charge in [-0.3, -0.25) is 13.7 Å². The molecular formula is C10H9O9S3. The molecule has 0 fully saturated rings. The van der Waals surface area contributed by atoms with Crippen LogP contribution in [0.25, 0.3) is 0 Å². The minimum absolute atomic E-state index is 0.113. The van der Waals surface area contributed by atoms with Gasteiger partial charge in [-0.25, -0.2) is 0 Å². The Morgan fingerprint density at radius 1 is 0.818 bits per heavy atom. The van der Waals surface area contributed by atoms with Gasteiger partial charge in [0.1, 0.15) is 0 Å². The van der Waals surface area contributed by atoms with E-state index in [4.69, 9.17) is 13.7 Å². The Bertz CT molecular complexity index is 982. The molecule has 0 bridgehead atoms. The zero-order chi connectivity index (χ0) is 16.9. The summed E-state index contributed by atoms with van der Waals surface area (Å²) in [5.74, 6) is 0. The first-order valence-electron chi connectivity index (χ1n) is 5.43. The molecule has 121 valence electrons. The Morgan fingerprint density at radius 3 is 1.86 bits per heavy atom. The molecule has 1 aliphatic carbocycles. The second kappa shape index (κ2) is 5.11. The molecule has 22 heavy (non-hydrogen) atoms. The summed E-state index contributed by atoms with van der Waals surface area (Å²) in [6, 6.07) is 1.40. The van der Waals surface area contributed by atoms with E-state index in [-0.39, 0.29) is 11.1 Å². The fraction of sp³-hybridized carbons (Fsp3) is 0.100. The molecule has 2 rings (SSSR count). The van der Waals surface area contributed by atoms with Gasteiger partial charge < -0.3 is 0 Å². The fourth-order valence-electron chi connectivity index (χ4n) is 1.95. The van der Waals surface area contributed by atoms with Gasteiger partial charge in [-0.1, -0.05) is 6.08 Å². The number of hydrogen-bond acceptors (Lipinski definition) is 6. The monoisotopic (exact) mass is 369 g/mol. The maximum Gasteiger partial charge on any atom is 0.294 e. The van der Waals surface area contributed by atoms with Crippen molar-refractivity contribution in [3.8, 4) is 0 Å². The molecule has 1 radical (unpaired) electrons. The van der Waals surface area contributed by atoms with E-state index in [9.17, 15) is 25.3 Å². The van der Waals surface area contributed by atoms with Crippen molar-refractivity contribution in [1.82, 2.24) is 0 Å². The fourth-order valence-corrected chi connectivity index (χ4v) is 3.92. The molecule has 1 aromatic rings. The second-order valence-corrected chi connectivity index (χ2v) is 8.68. The topological polar surface area (TPSA) is 163 Å². The summed E-state index contributed by atoms with van der Waals surface area (Å²) in [4.78, 5) is -2.12. The van der Waals surface area contributed by atoms with E-state index in [0.717, 1.165) is 18.6 Å². The molecule has 0 spiro atoms. The minimum Gasteiger partial charge on any atom is -0.282 e. The van der Waals surface area contributed by atoms with E-state index in [2.05, 4.69) is 0 Å². The highest BCUT2D eigenvalue weighted by Crippen LogP contribution is 2.32. The molecule has 0 atom stereocenters. The summed E-state index contributed by atoms with van der Waals surface area (Å²) in [6.45, 7) is 0. The Balaban J connectivity index is 2.76. The molecule has 0 saturated heterocycles. The van der Waals surface area contributed by atoms with Crippen LogP contribution in [-0.4, -0.2) is 38.9 Å². The maximum absolute atomic E-state index is 11.3. The first-order chi connectivity index (χ1) is 9.80. The van der Waals surface area contributed by atoms with Crippen molar-refractivity contribution < 1.29 is 38.9 Å². The first kappa shape index (κ1) is 17.1. The van der Waals surface area contributed by atoms with Crippen LogP contribution in [0.2, 0.25) is 0 Å². The summed E-state index contributed by atoms with van der Waals surface area (Å²) in [6.07, 6.45) is 1.43. The molecule has 0 unspecified atom stereocenters. The highest BCUT2D eigenvalue weighted by molar-refractivity contribution is 7.89. The van der Waals surface area contributed by atoms with Crippen LogP contribution in [0.4, 0.5) is 0 Å². The van der Waals surface area contributed by atoms with Gasteiger partial charge in [0, 0.05) is 12.8 Å². The Hall–Kier alpha value is -1.31. The number of rotatable bonds is 3. The number of allylic oxidation sites excluding steroid dienone is 2. The molecule has 1 aliphatic rings. The van der Waals surface area contributed by atoms with E-state index in [1.54, 1.807) is 0 Å². The lowest BCUT2D eigenvalue weighted by atomic mass is 9.97. The van der Waals surface area contributed by atoms with Gasteiger partial charge in [0.25, 0.3) is 30.4 Å². The van der Waals surface area contributed by atoms with Gasteiger partial charge >= 0.3 is 0 Å². The quantitative estimate of drug-likeness (QED) is 0.625. The molecule has 0 aliphatic heterocycles. The zero-order valence-electron chi connectivity index (χ0n) is 10.5. The van der Waals surface area contributed by atoms with Crippen LogP contribution in [0.1, 0.15) is 11.1 Å². The largest absolute Gasteiger partial charge is 0.294 e. The van der Waals surface area contributed by atoms with E-state index in [0.29, 0.717) is 6.07 Å². The van der Waals surface area contributed by atoms with Gasteiger partial charge in [-0.15, -0.1) is 0 Å². The molecular weight excluding hydrogens is 360 g/mol. The molecule has 0 heterocycles. The average molecular weight is 369 g/mol. The Kier molecular flexibility index (Phi) is 3.96. The summed E-state index contributed by atoms with van der Waals surface area (Å²) >= 11 is 0. The normalized spacial score (nSPS) is 16.0. The van der Waals surface area contributed by atoms with Crippen LogP contribution in [0, 0.1) is 6.42 Å². The first-order valence-corrected chi connectivity index (χ1v) is 9.75. The van der Waals surface area contributed by atoms with E-state index >= 15 is 0 Å². The van der Waals surface area contributed by atoms with Crippen molar-refractivity contribution in [1.29, 1.82) is 0 Å². The molecule has 9 nitrogen and oxygen atoms in total. The average Bonchev–Trinajstić information content (AvgIpc) is 2.33. The van der Waals surface area contributed by atoms with E-state index in [1.807, 2.05) is 0 Å². The standard InChI is InChI=1S/C10H9O9S3/c11-20(12,13)7-1-2-9-6(3-7)4-8(21(14,15)16)5-10(9)22(17,18)19/h1-2,4-5H,3H2,(H,11,12,13)(H,14,15,16)(H,17,18,19). The second-order valence-electron chi connectivity index (χ2n) is 4.40. The highest BCUT2D eigenvalue weighted by Gasteiger charge is 2.28. The van der Waals surface area contributed by atoms with Crippen LogP contribution in [0.15, 0.2) is 32.9 Å². The predicted molar refractivity (Wildman–Crippen MR) is 72.8 cm³/mol. The van der Waals surface area contributed by atoms with Crippen LogP contribution in [0.5, 0.6) is 0 Å². The van der Waals surface area contributed by atoms with E-state index < -0.39 is 51.5 Å². The molecule has 0 amide bonds. The third-order valence-corrected chi connectivity index (χ3v) is 5.58. The van der Waals surface area contributed by atoms with Gasteiger partial charge in [-0.2, -0.15) is 25.3 Å². The summed E-state index contributed by atoms with van der Waals surface area (Å²) in [5, 5.41) is 0. The smallest absolute Gasteiger partial charge is 0.282 e. The lowest BCUT2D eigenvalue weighted by Gasteiger charge is -2.18. The lowest BCUT2D eigenvalue weighted by Crippen LogP contribution is -2.15. The van der Waals surface area contributed by atoms with Gasteiger partial charge in [-0.05, 0) is 23.3 Å². The Labute approximate surface area is 126 Å².